The predicted molar refractivity (Wildman–Crippen MR) is 79.4 cm³/mol. The molecule has 0 fully saturated rings. The van der Waals surface area contributed by atoms with Crippen LogP contribution in [0.1, 0.15) is 6.92 Å². The highest BCUT2D eigenvalue weighted by molar-refractivity contribution is 5.94. The average Bonchev–Trinajstić information content (AvgIpc) is 2.92. The second kappa shape index (κ2) is 5.99. The minimum atomic E-state index is -1.01. The lowest BCUT2D eigenvalue weighted by molar-refractivity contribution is -0.137. The van der Waals surface area contributed by atoms with E-state index in [-0.39, 0.29) is 12.4 Å². The number of benzene rings is 1. The first-order valence-corrected chi connectivity index (χ1v) is 7.01. The molecular formula is C15H15N3O5. The number of carboxylic acid groups (broad SMARTS) is 1. The fraction of sp³-hybridized carbons (Fsp3) is 0.267. The van der Waals surface area contributed by atoms with Gasteiger partial charge in [0.05, 0.1) is 0 Å². The van der Waals surface area contributed by atoms with Gasteiger partial charge >= 0.3 is 5.97 Å². The van der Waals surface area contributed by atoms with Gasteiger partial charge in [-0.1, -0.05) is 12.1 Å². The SMILES string of the molecule is CC1Oc2ccccc2OC1C(=O)Nc1ccn(CC(=O)O)n1. The molecule has 0 bridgehead atoms. The normalized spacial score (nSPS) is 19.2. The lowest BCUT2D eigenvalue weighted by Gasteiger charge is -2.30. The summed E-state index contributed by atoms with van der Waals surface area (Å²) in [5, 5.41) is 15.3. The Labute approximate surface area is 131 Å². The second-order valence-corrected chi connectivity index (χ2v) is 5.09. The van der Waals surface area contributed by atoms with Crippen LogP contribution < -0.4 is 14.8 Å². The Bertz CT molecular complexity index is 742. The molecule has 0 radical (unpaired) electrons. The molecule has 2 heterocycles. The summed E-state index contributed by atoms with van der Waals surface area (Å²) >= 11 is 0. The molecular weight excluding hydrogens is 302 g/mol. The molecule has 8 heteroatoms. The number of carbonyl (C=O) groups is 2. The van der Waals surface area contributed by atoms with E-state index >= 15 is 0 Å². The van der Waals surface area contributed by atoms with Crippen LogP contribution in [0.2, 0.25) is 0 Å². The van der Waals surface area contributed by atoms with Crippen molar-refractivity contribution in [3.05, 3.63) is 36.5 Å². The lowest BCUT2D eigenvalue weighted by Crippen LogP contribution is -2.46. The van der Waals surface area contributed by atoms with Crippen molar-refractivity contribution in [1.82, 2.24) is 9.78 Å². The average molecular weight is 317 g/mol. The van der Waals surface area contributed by atoms with Gasteiger partial charge in [0.25, 0.3) is 5.91 Å². The zero-order valence-electron chi connectivity index (χ0n) is 12.3. The summed E-state index contributed by atoms with van der Waals surface area (Å²) in [5.74, 6) is -0.0735. The molecule has 0 saturated carbocycles. The van der Waals surface area contributed by atoms with Gasteiger partial charge in [-0.2, -0.15) is 5.10 Å². The third kappa shape index (κ3) is 3.25. The van der Waals surface area contributed by atoms with Crippen LogP contribution in [0.15, 0.2) is 36.5 Å². The van der Waals surface area contributed by atoms with E-state index in [9.17, 15) is 9.59 Å². The number of aromatic nitrogens is 2. The molecule has 1 aromatic heterocycles. The number of anilines is 1. The summed E-state index contributed by atoms with van der Waals surface area (Å²) in [7, 11) is 0. The highest BCUT2D eigenvalue weighted by atomic mass is 16.6. The number of fused-ring (bicyclic) bond motifs is 1. The first-order chi connectivity index (χ1) is 11.0. The molecule has 2 N–H and O–H groups in total. The summed E-state index contributed by atoms with van der Waals surface area (Å²) in [6.07, 6.45) is 0.182. The van der Waals surface area contributed by atoms with Crippen molar-refractivity contribution in [2.24, 2.45) is 0 Å². The fourth-order valence-electron chi connectivity index (χ4n) is 2.26. The van der Waals surface area contributed by atoms with Gasteiger partial charge < -0.3 is 19.9 Å². The zero-order chi connectivity index (χ0) is 16.4. The number of carbonyl (C=O) groups excluding carboxylic acids is 1. The van der Waals surface area contributed by atoms with Crippen molar-refractivity contribution in [2.45, 2.75) is 25.7 Å². The standard InChI is InChI=1S/C15H15N3O5/c1-9-14(23-11-5-3-2-4-10(11)22-9)15(21)16-12-6-7-18(17-12)8-13(19)20/h2-7,9,14H,8H2,1H3,(H,19,20)(H,16,17,21). The van der Waals surface area contributed by atoms with E-state index in [0.29, 0.717) is 11.5 Å². The number of rotatable bonds is 4. The second-order valence-electron chi connectivity index (χ2n) is 5.09. The molecule has 0 spiro atoms. The monoisotopic (exact) mass is 317 g/mol. The van der Waals surface area contributed by atoms with E-state index in [1.54, 1.807) is 25.1 Å². The van der Waals surface area contributed by atoms with Crippen molar-refractivity contribution in [2.75, 3.05) is 5.32 Å². The maximum absolute atomic E-state index is 12.3. The van der Waals surface area contributed by atoms with Gasteiger partial charge in [0.15, 0.2) is 17.3 Å². The van der Waals surface area contributed by atoms with Crippen LogP contribution in [0.4, 0.5) is 5.82 Å². The highest BCUT2D eigenvalue weighted by Gasteiger charge is 2.34. The summed E-state index contributed by atoms with van der Waals surface area (Å²) < 4.78 is 12.6. The number of amides is 1. The number of nitrogens with one attached hydrogen (secondary N) is 1. The van der Waals surface area contributed by atoms with Gasteiger partial charge in [0, 0.05) is 12.3 Å². The van der Waals surface area contributed by atoms with Crippen molar-refractivity contribution >= 4 is 17.7 Å². The van der Waals surface area contributed by atoms with Crippen LogP contribution in [0, 0.1) is 0 Å². The molecule has 2 unspecified atom stereocenters. The van der Waals surface area contributed by atoms with Crippen LogP contribution in [0.25, 0.3) is 0 Å². The largest absolute Gasteiger partial charge is 0.482 e. The van der Waals surface area contributed by atoms with E-state index in [1.165, 1.54) is 16.9 Å². The molecule has 2 aromatic rings. The smallest absolute Gasteiger partial charge is 0.325 e. The van der Waals surface area contributed by atoms with Crippen molar-refractivity contribution in [3.8, 4) is 11.5 Å². The number of carboxylic acids is 1. The van der Waals surface area contributed by atoms with Crippen LogP contribution in [0.5, 0.6) is 11.5 Å². The van der Waals surface area contributed by atoms with Gasteiger partial charge in [-0.3, -0.25) is 14.3 Å². The Morgan fingerprint density at radius 1 is 1.26 bits per heavy atom. The lowest BCUT2D eigenvalue weighted by atomic mass is 10.1. The van der Waals surface area contributed by atoms with Crippen LogP contribution in [-0.2, 0) is 16.1 Å². The molecule has 2 atom stereocenters. The van der Waals surface area contributed by atoms with E-state index in [4.69, 9.17) is 14.6 Å². The van der Waals surface area contributed by atoms with Crippen molar-refractivity contribution in [1.29, 1.82) is 0 Å². The Balaban J connectivity index is 1.69. The summed E-state index contributed by atoms with van der Waals surface area (Å²) in [6.45, 7) is 1.46. The highest BCUT2D eigenvalue weighted by Crippen LogP contribution is 2.33. The van der Waals surface area contributed by atoms with E-state index < -0.39 is 24.1 Å². The molecule has 0 aliphatic carbocycles. The third-order valence-corrected chi connectivity index (χ3v) is 3.29. The maximum Gasteiger partial charge on any atom is 0.325 e. The van der Waals surface area contributed by atoms with E-state index in [2.05, 4.69) is 10.4 Å². The molecule has 0 saturated heterocycles. The number of aliphatic carboxylic acids is 1. The molecule has 1 aliphatic heterocycles. The van der Waals surface area contributed by atoms with E-state index in [0.717, 1.165) is 0 Å². The van der Waals surface area contributed by atoms with E-state index in [1.807, 2.05) is 6.07 Å². The summed E-state index contributed by atoms with van der Waals surface area (Å²) in [6, 6.07) is 8.63. The first-order valence-electron chi connectivity index (χ1n) is 7.01. The summed E-state index contributed by atoms with van der Waals surface area (Å²) in [4.78, 5) is 23.0. The first kappa shape index (κ1) is 14.9. The summed E-state index contributed by atoms with van der Waals surface area (Å²) in [5.41, 5.74) is 0. The Kier molecular flexibility index (Phi) is 3.88. The quantitative estimate of drug-likeness (QED) is 0.876. The number of ether oxygens (including phenoxy) is 2. The van der Waals surface area contributed by atoms with Gasteiger partial charge in [-0.05, 0) is 19.1 Å². The topological polar surface area (TPSA) is 103 Å². The number of hydrogen-bond acceptors (Lipinski definition) is 5. The van der Waals surface area contributed by atoms with Crippen LogP contribution in [-0.4, -0.2) is 39.0 Å². The number of nitrogens with zero attached hydrogens (tertiary/aromatic N) is 2. The van der Waals surface area contributed by atoms with Gasteiger partial charge in [0.1, 0.15) is 12.6 Å². The molecule has 1 amide bonds. The Hall–Kier alpha value is -3.03. The molecule has 3 rings (SSSR count). The Morgan fingerprint density at radius 3 is 2.65 bits per heavy atom. The van der Waals surface area contributed by atoms with Gasteiger partial charge in [-0.25, -0.2) is 0 Å². The van der Waals surface area contributed by atoms with Gasteiger partial charge in [-0.15, -0.1) is 0 Å². The van der Waals surface area contributed by atoms with Crippen molar-refractivity contribution in [3.63, 3.8) is 0 Å². The van der Waals surface area contributed by atoms with Crippen LogP contribution in [0.3, 0.4) is 0 Å². The predicted octanol–water partition coefficient (Wildman–Crippen LogP) is 1.13. The molecule has 120 valence electrons. The fourth-order valence-corrected chi connectivity index (χ4v) is 2.26. The Morgan fingerprint density at radius 2 is 1.96 bits per heavy atom. The van der Waals surface area contributed by atoms with Crippen molar-refractivity contribution < 1.29 is 24.2 Å². The number of hydrogen-bond donors (Lipinski definition) is 2. The minimum absolute atomic E-state index is 0.255. The molecule has 23 heavy (non-hydrogen) atoms. The molecule has 1 aliphatic rings. The number of para-hydroxylation sites is 2. The van der Waals surface area contributed by atoms with Crippen LogP contribution >= 0.6 is 0 Å². The molecule has 8 nitrogen and oxygen atoms in total. The van der Waals surface area contributed by atoms with Gasteiger partial charge in [0.2, 0.25) is 6.10 Å². The zero-order valence-corrected chi connectivity index (χ0v) is 12.3. The minimum Gasteiger partial charge on any atom is -0.482 e. The maximum atomic E-state index is 12.3. The molecule has 1 aromatic carbocycles. The third-order valence-electron chi connectivity index (χ3n) is 3.29.